The number of rotatable bonds is 2. The first-order chi connectivity index (χ1) is 7.63. The number of ether oxygens (including phenoxy) is 1. The monoisotopic (exact) mass is 232 g/mol. The van der Waals surface area contributed by atoms with Gasteiger partial charge < -0.3 is 4.74 Å². The first kappa shape index (κ1) is 13.8. The quantitative estimate of drug-likeness (QED) is 0.711. The summed E-state index contributed by atoms with van der Waals surface area (Å²) in [6.07, 6.45) is 1.86. The standard InChI is InChI=1S/C16H24O/c1-8-12-11-13(15(2,3)4)9-10-14(12)17-16(5,6)7/h8-11H,1H2,2-7H3. The van der Waals surface area contributed by atoms with Crippen LogP contribution in [-0.2, 0) is 5.41 Å². The highest BCUT2D eigenvalue weighted by molar-refractivity contribution is 5.57. The molecule has 1 aromatic carbocycles. The summed E-state index contributed by atoms with van der Waals surface area (Å²) in [5.74, 6) is 0.903. The van der Waals surface area contributed by atoms with Gasteiger partial charge in [-0.1, -0.05) is 39.5 Å². The summed E-state index contributed by atoms with van der Waals surface area (Å²) in [4.78, 5) is 0. The molecule has 0 aliphatic rings. The molecule has 1 nitrogen and oxygen atoms in total. The Kier molecular flexibility index (Phi) is 3.71. The maximum Gasteiger partial charge on any atom is 0.127 e. The fourth-order valence-corrected chi connectivity index (χ4v) is 1.60. The van der Waals surface area contributed by atoms with Gasteiger partial charge in [-0.2, -0.15) is 0 Å². The van der Waals surface area contributed by atoms with E-state index < -0.39 is 0 Å². The molecule has 94 valence electrons. The van der Waals surface area contributed by atoms with Crippen LogP contribution in [0.4, 0.5) is 0 Å². The van der Waals surface area contributed by atoms with Gasteiger partial charge in [0.15, 0.2) is 0 Å². The molecule has 0 bridgehead atoms. The van der Waals surface area contributed by atoms with E-state index >= 15 is 0 Å². The van der Waals surface area contributed by atoms with E-state index in [9.17, 15) is 0 Å². The summed E-state index contributed by atoms with van der Waals surface area (Å²) >= 11 is 0. The van der Waals surface area contributed by atoms with Gasteiger partial charge in [-0.25, -0.2) is 0 Å². The van der Waals surface area contributed by atoms with Crippen molar-refractivity contribution in [2.45, 2.75) is 52.6 Å². The lowest BCUT2D eigenvalue weighted by Gasteiger charge is -2.25. The Balaban J connectivity index is 3.15. The molecular weight excluding hydrogens is 208 g/mol. The van der Waals surface area contributed by atoms with E-state index in [0.717, 1.165) is 11.3 Å². The molecular formula is C16H24O. The van der Waals surface area contributed by atoms with Gasteiger partial charge in [0.25, 0.3) is 0 Å². The normalized spacial score (nSPS) is 12.4. The topological polar surface area (TPSA) is 9.23 Å². The van der Waals surface area contributed by atoms with Crippen molar-refractivity contribution in [2.24, 2.45) is 0 Å². The zero-order chi connectivity index (χ0) is 13.3. The van der Waals surface area contributed by atoms with Crippen LogP contribution in [0.3, 0.4) is 0 Å². The zero-order valence-corrected chi connectivity index (χ0v) is 11.9. The molecule has 0 spiro atoms. The van der Waals surface area contributed by atoms with Crippen molar-refractivity contribution < 1.29 is 4.74 Å². The van der Waals surface area contributed by atoms with Crippen molar-refractivity contribution in [3.63, 3.8) is 0 Å². The SMILES string of the molecule is C=Cc1cc(C(C)(C)C)ccc1OC(C)(C)C. The fraction of sp³-hybridized carbons (Fsp3) is 0.500. The molecule has 0 fully saturated rings. The summed E-state index contributed by atoms with van der Waals surface area (Å²) in [5, 5.41) is 0. The van der Waals surface area contributed by atoms with Gasteiger partial charge in [-0.3, -0.25) is 0 Å². The van der Waals surface area contributed by atoms with E-state index in [4.69, 9.17) is 4.74 Å². The predicted molar refractivity (Wildman–Crippen MR) is 75.6 cm³/mol. The van der Waals surface area contributed by atoms with E-state index in [1.165, 1.54) is 5.56 Å². The molecule has 1 heteroatoms. The van der Waals surface area contributed by atoms with Crippen LogP contribution in [0.5, 0.6) is 5.75 Å². The van der Waals surface area contributed by atoms with Crippen molar-refractivity contribution >= 4 is 6.08 Å². The summed E-state index contributed by atoms with van der Waals surface area (Å²) < 4.78 is 5.92. The average Bonchev–Trinajstić information content (AvgIpc) is 2.14. The van der Waals surface area contributed by atoms with Gasteiger partial charge in [0, 0.05) is 5.56 Å². The minimum atomic E-state index is -0.180. The highest BCUT2D eigenvalue weighted by Gasteiger charge is 2.17. The van der Waals surface area contributed by atoms with Gasteiger partial charge in [0.2, 0.25) is 0 Å². The summed E-state index contributed by atoms with van der Waals surface area (Å²) in [7, 11) is 0. The van der Waals surface area contributed by atoms with Crippen LogP contribution in [0.15, 0.2) is 24.8 Å². The Morgan fingerprint density at radius 1 is 1.06 bits per heavy atom. The Morgan fingerprint density at radius 2 is 1.65 bits per heavy atom. The molecule has 0 saturated heterocycles. The molecule has 1 rings (SSSR count). The van der Waals surface area contributed by atoms with Crippen molar-refractivity contribution in [1.29, 1.82) is 0 Å². The molecule has 0 heterocycles. The van der Waals surface area contributed by atoms with E-state index in [-0.39, 0.29) is 11.0 Å². The Labute approximate surface area is 106 Å². The lowest BCUT2D eigenvalue weighted by atomic mass is 9.86. The average molecular weight is 232 g/mol. The maximum atomic E-state index is 5.92. The summed E-state index contributed by atoms with van der Waals surface area (Å²) in [6.45, 7) is 16.6. The van der Waals surface area contributed by atoms with Crippen LogP contribution in [0, 0.1) is 0 Å². The molecule has 0 saturated carbocycles. The molecule has 0 aliphatic heterocycles. The predicted octanol–water partition coefficient (Wildman–Crippen LogP) is 4.80. The van der Waals surface area contributed by atoms with Gasteiger partial charge in [-0.15, -0.1) is 0 Å². The van der Waals surface area contributed by atoms with E-state index in [2.05, 4.69) is 60.3 Å². The van der Waals surface area contributed by atoms with Crippen molar-refractivity contribution in [1.82, 2.24) is 0 Å². The molecule has 0 radical (unpaired) electrons. The number of hydrogen-bond donors (Lipinski definition) is 0. The van der Waals surface area contributed by atoms with Crippen LogP contribution in [0.1, 0.15) is 52.7 Å². The van der Waals surface area contributed by atoms with Crippen LogP contribution in [0.2, 0.25) is 0 Å². The van der Waals surface area contributed by atoms with Crippen LogP contribution < -0.4 is 4.74 Å². The highest BCUT2D eigenvalue weighted by Crippen LogP contribution is 2.30. The lowest BCUT2D eigenvalue weighted by Crippen LogP contribution is -2.23. The van der Waals surface area contributed by atoms with Crippen molar-refractivity contribution in [3.8, 4) is 5.75 Å². The largest absolute Gasteiger partial charge is 0.488 e. The van der Waals surface area contributed by atoms with Crippen molar-refractivity contribution in [2.75, 3.05) is 0 Å². The Morgan fingerprint density at radius 3 is 2.06 bits per heavy atom. The molecule has 0 aliphatic carbocycles. The molecule has 0 N–H and O–H groups in total. The van der Waals surface area contributed by atoms with Gasteiger partial charge >= 0.3 is 0 Å². The van der Waals surface area contributed by atoms with E-state index in [0.29, 0.717) is 0 Å². The van der Waals surface area contributed by atoms with Gasteiger partial charge in [0.1, 0.15) is 11.4 Å². The maximum absolute atomic E-state index is 5.92. The molecule has 0 unspecified atom stereocenters. The Hall–Kier alpha value is -1.24. The third kappa shape index (κ3) is 3.92. The minimum Gasteiger partial charge on any atom is -0.488 e. The second-order valence-electron chi connectivity index (χ2n) is 6.42. The molecule has 0 atom stereocenters. The van der Waals surface area contributed by atoms with Crippen molar-refractivity contribution in [3.05, 3.63) is 35.9 Å². The lowest BCUT2D eigenvalue weighted by molar-refractivity contribution is 0.130. The third-order valence-electron chi connectivity index (χ3n) is 2.51. The van der Waals surface area contributed by atoms with Crippen LogP contribution >= 0.6 is 0 Å². The van der Waals surface area contributed by atoms with Gasteiger partial charge in [0.05, 0.1) is 0 Å². The van der Waals surface area contributed by atoms with Crippen LogP contribution in [-0.4, -0.2) is 5.60 Å². The number of hydrogen-bond acceptors (Lipinski definition) is 1. The molecule has 0 aromatic heterocycles. The van der Waals surface area contributed by atoms with E-state index in [1.54, 1.807) is 0 Å². The summed E-state index contributed by atoms with van der Waals surface area (Å²) in [6, 6.07) is 6.34. The zero-order valence-electron chi connectivity index (χ0n) is 11.9. The fourth-order valence-electron chi connectivity index (χ4n) is 1.60. The molecule has 1 aromatic rings. The second-order valence-corrected chi connectivity index (χ2v) is 6.42. The van der Waals surface area contributed by atoms with E-state index in [1.807, 2.05) is 12.1 Å². The highest BCUT2D eigenvalue weighted by atomic mass is 16.5. The minimum absolute atomic E-state index is 0.151. The molecule has 0 amide bonds. The second kappa shape index (κ2) is 4.56. The van der Waals surface area contributed by atoms with Crippen LogP contribution in [0.25, 0.3) is 6.08 Å². The Bertz CT molecular complexity index is 403. The number of benzene rings is 1. The first-order valence-electron chi connectivity index (χ1n) is 6.09. The smallest absolute Gasteiger partial charge is 0.127 e. The summed E-state index contributed by atoms with van der Waals surface area (Å²) in [5.41, 5.74) is 2.33. The molecule has 17 heavy (non-hydrogen) atoms. The van der Waals surface area contributed by atoms with Gasteiger partial charge in [-0.05, 0) is 43.9 Å². The first-order valence-corrected chi connectivity index (χ1v) is 6.09. The third-order valence-corrected chi connectivity index (χ3v) is 2.51.